The molecule has 92 valence electrons. The highest BCUT2D eigenvalue weighted by molar-refractivity contribution is 5.76. The number of aryl methyl sites for hydroxylation is 1. The molecule has 1 aromatic heterocycles. The first kappa shape index (κ1) is 12.1. The molecule has 2 aromatic rings. The zero-order chi connectivity index (χ0) is 12.3. The lowest BCUT2D eigenvalue weighted by molar-refractivity contribution is 0.533. The maximum atomic E-state index is 4.40. The highest BCUT2D eigenvalue weighted by atomic mass is 15.0. The molecule has 0 aliphatic heterocycles. The molecule has 0 saturated heterocycles. The number of rotatable bonds is 5. The number of hydrogen-bond donors (Lipinski definition) is 2. The largest absolute Gasteiger partial charge is 0.334 e. The maximum Gasteiger partial charge on any atom is 0.0955 e. The van der Waals surface area contributed by atoms with Gasteiger partial charge in [-0.05, 0) is 44.8 Å². The van der Waals surface area contributed by atoms with E-state index in [1.54, 1.807) is 0 Å². The van der Waals surface area contributed by atoms with E-state index in [-0.39, 0.29) is 0 Å². The van der Waals surface area contributed by atoms with E-state index in [0.29, 0.717) is 6.04 Å². The van der Waals surface area contributed by atoms with Crippen molar-refractivity contribution in [1.82, 2.24) is 20.2 Å². The predicted octanol–water partition coefficient (Wildman–Crippen LogP) is 1.44. The van der Waals surface area contributed by atoms with Gasteiger partial charge < -0.3 is 15.2 Å². The molecule has 1 unspecified atom stereocenters. The summed E-state index contributed by atoms with van der Waals surface area (Å²) in [4.78, 5) is 4.40. The smallest absolute Gasteiger partial charge is 0.0955 e. The molecule has 0 saturated carbocycles. The van der Waals surface area contributed by atoms with Gasteiger partial charge in [-0.1, -0.05) is 6.07 Å². The molecule has 1 atom stereocenters. The highest BCUT2D eigenvalue weighted by Crippen LogP contribution is 2.20. The van der Waals surface area contributed by atoms with Gasteiger partial charge in [-0.15, -0.1) is 0 Å². The van der Waals surface area contributed by atoms with Crippen LogP contribution >= 0.6 is 0 Å². The number of fused-ring (bicyclic) bond motifs is 1. The Bertz CT molecular complexity index is 489. The molecular formula is C13H20N4. The van der Waals surface area contributed by atoms with Gasteiger partial charge in [-0.3, -0.25) is 0 Å². The summed E-state index contributed by atoms with van der Waals surface area (Å²) >= 11 is 0. The summed E-state index contributed by atoms with van der Waals surface area (Å²) in [7, 11) is 6.00. The average Bonchev–Trinajstić information content (AvgIpc) is 2.72. The van der Waals surface area contributed by atoms with Gasteiger partial charge in [0.15, 0.2) is 0 Å². The molecule has 0 aliphatic rings. The van der Waals surface area contributed by atoms with E-state index in [1.807, 2.05) is 32.0 Å². The molecule has 0 amide bonds. The zero-order valence-electron chi connectivity index (χ0n) is 10.7. The molecule has 0 aliphatic carbocycles. The van der Waals surface area contributed by atoms with E-state index in [0.717, 1.165) is 18.5 Å². The van der Waals surface area contributed by atoms with Crippen molar-refractivity contribution in [3.8, 4) is 0 Å². The first-order valence-corrected chi connectivity index (χ1v) is 5.99. The van der Waals surface area contributed by atoms with Crippen LogP contribution in [0.15, 0.2) is 24.5 Å². The van der Waals surface area contributed by atoms with Gasteiger partial charge in [-0.2, -0.15) is 0 Å². The van der Waals surface area contributed by atoms with Crippen LogP contribution in [0.5, 0.6) is 0 Å². The van der Waals surface area contributed by atoms with E-state index in [1.165, 1.54) is 11.1 Å². The van der Waals surface area contributed by atoms with Gasteiger partial charge >= 0.3 is 0 Å². The molecule has 1 heterocycles. The van der Waals surface area contributed by atoms with Gasteiger partial charge in [0, 0.05) is 13.1 Å². The third-order valence-corrected chi connectivity index (χ3v) is 3.18. The summed E-state index contributed by atoms with van der Waals surface area (Å²) in [5.74, 6) is 0. The fraction of sp³-hybridized carbons (Fsp3) is 0.462. The first-order chi connectivity index (χ1) is 8.26. The van der Waals surface area contributed by atoms with Crippen LogP contribution in [0.25, 0.3) is 11.0 Å². The highest BCUT2D eigenvalue weighted by Gasteiger charge is 2.10. The summed E-state index contributed by atoms with van der Waals surface area (Å²) in [6.45, 7) is 1.01. The van der Waals surface area contributed by atoms with Gasteiger partial charge in [0.05, 0.1) is 17.4 Å². The average molecular weight is 232 g/mol. The van der Waals surface area contributed by atoms with Crippen LogP contribution in [0.2, 0.25) is 0 Å². The lowest BCUT2D eigenvalue weighted by Crippen LogP contribution is -2.21. The molecule has 17 heavy (non-hydrogen) atoms. The molecule has 0 radical (unpaired) electrons. The first-order valence-electron chi connectivity index (χ1n) is 5.99. The van der Waals surface area contributed by atoms with Gasteiger partial charge in [0.25, 0.3) is 0 Å². The fourth-order valence-corrected chi connectivity index (χ4v) is 2.14. The SMILES string of the molecule is CNCCC(NC)c1ccc2c(c1)ncn2C. The monoisotopic (exact) mass is 232 g/mol. The van der Waals surface area contributed by atoms with E-state index >= 15 is 0 Å². The van der Waals surface area contributed by atoms with Crippen molar-refractivity contribution in [3.05, 3.63) is 30.1 Å². The number of hydrogen-bond acceptors (Lipinski definition) is 3. The Balaban J connectivity index is 2.27. The van der Waals surface area contributed by atoms with Gasteiger partial charge in [0.2, 0.25) is 0 Å². The van der Waals surface area contributed by atoms with Crippen molar-refractivity contribution in [3.63, 3.8) is 0 Å². The van der Waals surface area contributed by atoms with Crippen molar-refractivity contribution >= 4 is 11.0 Å². The number of benzene rings is 1. The molecule has 4 heteroatoms. The van der Waals surface area contributed by atoms with Crippen LogP contribution in [-0.2, 0) is 7.05 Å². The van der Waals surface area contributed by atoms with Crippen LogP contribution in [0.4, 0.5) is 0 Å². The Hall–Kier alpha value is -1.39. The van der Waals surface area contributed by atoms with E-state index < -0.39 is 0 Å². The van der Waals surface area contributed by atoms with Gasteiger partial charge in [-0.25, -0.2) is 4.98 Å². The topological polar surface area (TPSA) is 41.9 Å². The number of nitrogens with zero attached hydrogens (tertiary/aromatic N) is 2. The Labute approximate surface area is 102 Å². The maximum absolute atomic E-state index is 4.40. The summed E-state index contributed by atoms with van der Waals surface area (Å²) in [6.07, 6.45) is 2.93. The molecule has 2 N–H and O–H groups in total. The normalized spacial score (nSPS) is 13.1. The summed E-state index contributed by atoms with van der Waals surface area (Å²) in [5, 5.41) is 6.53. The van der Waals surface area contributed by atoms with Crippen molar-refractivity contribution in [2.45, 2.75) is 12.5 Å². The second-order valence-electron chi connectivity index (χ2n) is 4.34. The molecule has 1 aromatic carbocycles. The van der Waals surface area contributed by atoms with Gasteiger partial charge in [0.1, 0.15) is 0 Å². The minimum atomic E-state index is 0.383. The standard InChI is InChI=1S/C13H20N4/c1-14-7-6-11(15-2)10-4-5-13-12(8-10)16-9-17(13)3/h4-5,8-9,11,14-15H,6-7H2,1-3H3. The summed E-state index contributed by atoms with van der Waals surface area (Å²) < 4.78 is 2.04. The van der Waals surface area contributed by atoms with Crippen LogP contribution in [0.1, 0.15) is 18.0 Å². The molecule has 0 spiro atoms. The van der Waals surface area contributed by atoms with Crippen LogP contribution < -0.4 is 10.6 Å². The van der Waals surface area contributed by atoms with Crippen molar-refractivity contribution < 1.29 is 0 Å². The molecule has 4 nitrogen and oxygen atoms in total. The minimum Gasteiger partial charge on any atom is -0.334 e. The third kappa shape index (κ3) is 2.48. The summed E-state index contributed by atoms with van der Waals surface area (Å²) in [6, 6.07) is 6.88. The molecule has 2 rings (SSSR count). The van der Waals surface area contributed by atoms with Crippen molar-refractivity contribution in [2.24, 2.45) is 7.05 Å². The fourth-order valence-electron chi connectivity index (χ4n) is 2.14. The van der Waals surface area contributed by atoms with E-state index in [9.17, 15) is 0 Å². The second kappa shape index (κ2) is 5.29. The Morgan fingerprint density at radius 3 is 2.88 bits per heavy atom. The zero-order valence-corrected chi connectivity index (χ0v) is 10.7. The lowest BCUT2D eigenvalue weighted by atomic mass is 10.0. The summed E-state index contributed by atoms with van der Waals surface area (Å²) in [5.41, 5.74) is 3.54. The van der Waals surface area contributed by atoms with E-state index in [2.05, 4.69) is 33.8 Å². The predicted molar refractivity (Wildman–Crippen MR) is 71.1 cm³/mol. The van der Waals surface area contributed by atoms with E-state index in [4.69, 9.17) is 0 Å². The van der Waals surface area contributed by atoms with Crippen molar-refractivity contribution in [1.29, 1.82) is 0 Å². The Morgan fingerprint density at radius 1 is 1.35 bits per heavy atom. The minimum absolute atomic E-state index is 0.383. The quantitative estimate of drug-likeness (QED) is 0.819. The molecule has 0 fully saturated rings. The van der Waals surface area contributed by atoms with Crippen LogP contribution in [0, 0.1) is 0 Å². The van der Waals surface area contributed by atoms with Crippen LogP contribution in [0.3, 0.4) is 0 Å². The number of nitrogens with one attached hydrogen (secondary N) is 2. The Morgan fingerprint density at radius 2 is 2.18 bits per heavy atom. The number of aromatic nitrogens is 2. The molecular weight excluding hydrogens is 212 g/mol. The third-order valence-electron chi connectivity index (χ3n) is 3.18. The van der Waals surface area contributed by atoms with Crippen LogP contribution in [-0.4, -0.2) is 30.2 Å². The molecule has 0 bridgehead atoms. The van der Waals surface area contributed by atoms with Crippen molar-refractivity contribution in [2.75, 3.05) is 20.6 Å². The lowest BCUT2D eigenvalue weighted by Gasteiger charge is -2.16. The Kier molecular flexibility index (Phi) is 3.76. The number of imidazole rings is 1. The second-order valence-corrected chi connectivity index (χ2v) is 4.34.